The van der Waals surface area contributed by atoms with Crippen molar-refractivity contribution in [2.75, 3.05) is 26.4 Å². The normalized spacial score (nSPS) is 19.1. The van der Waals surface area contributed by atoms with Crippen LogP contribution in [0.25, 0.3) is 0 Å². The number of hydrogen-bond acceptors (Lipinski definition) is 4. The molecule has 0 unspecified atom stereocenters. The molecule has 1 heterocycles. The van der Waals surface area contributed by atoms with Crippen molar-refractivity contribution in [3.05, 3.63) is 35.9 Å². The van der Waals surface area contributed by atoms with Gasteiger partial charge >= 0.3 is 6.09 Å². The Morgan fingerprint density at radius 3 is 2.82 bits per heavy atom. The first-order valence-corrected chi connectivity index (χ1v) is 7.73. The van der Waals surface area contributed by atoms with Gasteiger partial charge in [-0.1, -0.05) is 37.3 Å². The molecular formula is C17H23N3O2. The van der Waals surface area contributed by atoms with Crippen LogP contribution in [-0.4, -0.2) is 48.3 Å². The highest BCUT2D eigenvalue weighted by Gasteiger charge is 2.33. The van der Waals surface area contributed by atoms with Crippen molar-refractivity contribution in [3.8, 4) is 6.07 Å². The molecule has 0 saturated carbocycles. The molecule has 0 aliphatic carbocycles. The average molecular weight is 301 g/mol. The van der Waals surface area contributed by atoms with E-state index in [0.29, 0.717) is 19.8 Å². The van der Waals surface area contributed by atoms with Crippen LogP contribution in [0.4, 0.5) is 4.79 Å². The van der Waals surface area contributed by atoms with Gasteiger partial charge < -0.3 is 4.74 Å². The van der Waals surface area contributed by atoms with E-state index in [0.717, 1.165) is 13.0 Å². The minimum Gasteiger partial charge on any atom is -0.447 e. The third kappa shape index (κ3) is 4.22. The number of cyclic esters (lactones) is 1. The monoisotopic (exact) mass is 301 g/mol. The van der Waals surface area contributed by atoms with Gasteiger partial charge in [0, 0.05) is 6.54 Å². The van der Waals surface area contributed by atoms with Gasteiger partial charge in [-0.2, -0.15) is 5.26 Å². The highest BCUT2D eigenvalue weighted by atomic mass is 16.6. The number of carbonyl (C=O) groups is 1. The summed E-state index contributed by atoms with van der Waals surface area (Å²) in [7, 11) is 0. The van der Waals surface area contributed by atoms with E-state index < -0.39 is 0 Å². The van der Waals surface area contributed by atoms with E-state index in [1.165, 1.54) is 5.56 Å². The second kappa shape index (κ2) is 7.81. The first-order valence-electron chi connectivity index (χ1n) is 7.73. The van der Waals surface area contributed by atoms with Crippen molar-refractivity contribution >= 4 is 6.09 Å². The summed E-state index contributed by atoms with van der Waals surface area (Å²) in [6, 6.07) is 12.4. The molecule has 1 aliphatic rings. The van der Waals surface area contributed by atoms with E-state index in [1.807, 2.05) is 32.0 Å². The SMILES string of the molecule is CCN(C[C@H](C)C#N)CN1C(=O)OC[C@@H]1Cc1ccccc1. The Kier molecular flexibility index (Phi) is 5.79. The highest BCUT2D eigenvalue weighted by molar-refractivity contribution is 5.70. The Bertz CT molecular complexity index is 526. The number of rotatable bonds is 7. The van der Waals surface area contributed by atoms with E-state index in [4.69, 9.17) is 10.00 Å². The molecule has 1 amide bonds. The van der Waals surface area contributed by atoms with Crippen LogP contribution in [0.15, 0.2) is 30.3 Å². The minimum absolute atomic E-state index is 0.0499. The molecule has 0 radical (unpaired) electrons. The van der Waals surface area contributed by atoms with E-state index in [9.17, 15) is 4.79 Å². The molecule has 118 valence electrons. The fourth-order valence-corrected chi connectivity index (χ4v) is 2.65. The zero-order chi connectivity index (χ0) is 15.9. The summed E-state index contributed by atoms with van der Waals surface area (Å²) in [6.07, 6.45) is 0.529. The molecule has 2 atom stereocenters. The molecule has 1 aliphatic heterocycles. The van der Waals surface area contributed by atoms with Crippen LogP contribution >= 0.6 is 0 Å². The van der Waals surface area contributed by atoms with Crippen LogP contribution in [0.5, 0.6) is 0 Å². The largest absolute Gasteiger partial charge is 0.447 e. The van der Waals surface area contributed by atoms with Crippen LogP contribution in [0.3, 0.4) is 0 Å². The van der Waals surface area contributed by atoms with Gasteiger partial charge in [0.2, 0.25) is 0 Å². The van der Waals surface area contributed by atoms with Crippen LogP contribution in [0.2, 0.25) is 0 Å². The van der Waals surface area contributed by atoms with E-state index >= 15 is 0 Å². The van der Waals surface area contributed by atoms with Crippen molar-refractivity contribution in [2.24, 2.45) is 5.92 Å². The van der Waals surface area contributed by atoms with Gasteiger partial charge in [0.15, 0.2) is 0 Å². The number of nitriles is 1. The fourth-order valence-electron chi connectivity index (χ4n) is 2.65. The Morgan fingerprint density at radius 2 is 2.18 bits per heavy atom. The molecule has 1 fully saturated rings. The van der Waals surface area contributed by atoms with Gasteiger partial charge in [-0.25, -0.2) is 4.79 Å². The van der Waals surface area contributed by atoms with E-state index in [2.05, 4.69) is 23.1 Å². The summed E-state index contributed by atoms with van der Waals surface area (Å²) in [4.78, 5) is 15.9. The first kappa shape index (κ1) is 16.3. The molecule has 1 saturated heterocycles. The molecule has 2 rings (SSSR count). The van der Waals surface area contributed by atoms with Crippen molar-refractivity contribution in [1.29, 1.82) is 5.26 Å². The molecule has 0 bridgehead atoms. The Balaban J connectivity index is 2.00. The lowest BCUT2D eigenvalue weighted by atomic mass is 10.1. The van der Waals surface area contributed by atoms with Gasteiger partial charge in [0.1, 0.15) is 6.61 Å². The number of hydrogen-bond donors (Lipinski definition) is 0. The summed E-state index contributed by atoms with van der Waals surface area (Å²) in [6.45, 7) is 6.34. The maximum absolute atomic E-state index is 12.0. The third-order valence-electron chi connectivity index (χ3n) is 3.94. The minimum atomic E-state index is -0.260. The predicted octanol–water partition coefficient (Wildman–Crippen LogP) is 2.49. The lowest BCUT2D eigenvalue weighted by Crippen LogP contribution is -2.45. The summed E-state index contributed by atoms with van der Waals surface area (Å²) >= 11 is 0. The zero-order valence-electron chi connectivity index (χ0n) is 13.2. The number of amides is 1. The van der Waals surface area contributed by atoms with Crippen LogP contribution in [0.1, 0.15) is 19.4 Å². The van der Waals surface area contributed by atoms with Gasteiger partial charge in [-0.05, 0) is 25.5 Å². The molecule has 22 heavy (non-hydrogen) atoms. The average Bonchev–Trinajstić information content (AvgIpc) is 2.88. The topological polar surface area (TPSA) is 56.6 Å². The summed E-state index contributed by atoms with van der Waals surface area (Å²) in [5.41, 5.74) is 1.20. The molecule has 5 nitrogen and oxygen atoms in total. The fraction of sp³-hybridized carbons (Fsp3) is 0.529. The molecular weight excluding hydrogens is 278 g/mol. The number of benzene rings is 1. The van der Waals surface area contributed by atoms with Gasteiger partial charge in [0.05, 0.1) is 24.7 Å². The molecule has 1 aromatic carbocycles. The molecule has 0 N–H and O–H groups in total. The van der Waals surface area contributed by atoms with E-state index in [-0.39, 0.29) is 18.1 Å². The van der Waals surface area contributed by atoms with Crippen LogP contribution < -0.4 is 0 Å². The number of ether oxygens (including phenoxy) is 1. The van der Waals surface area contributed by atoms with Crippen molar-refractivity contribution in [3.63, 3.8) is 0 Å². The van der Waals surface area contributed by atoms with Gasteiger partial charge in [-0.15, -0.1) is 0 Å². The number of carbonyl (C=O) groups excluding carboxylic acids is 1. The number of nitrogens with zero attached hydrogens (tertiary/aromatic N) is 3. The lowest BCUT2D eigenvalue weighted by molar-refractivity contribution is 0.120. The Labute approximate surface area is 132 Å². The van der Waals surface area contributed by atoms with Crippen LogP contribution in [-0.2, 0) is 11.2 Å². The van der Waals surface area contributed by atoms with Gasteiger partial charge in [-0.3, -0.25) is 9.80 Å². The van der Waals surface area contributed by atoms with Gasteiger partial charge in [0.25, 0.3) is 0 Å². The standard InChI is InChI=1S/C17H23N3O2/c1-3-19(11-14(2)10-18)13-20-16(12-22-17(20)21)9-15-7-5-4-6-8-15/h4-8,14,16H,3,9,11-13H2,1-2H3/t14-,16+/m1/s1. The van der Waals surface area contributed by atoms with Crippen LogP contribution in [0, 0.1) is 17.2 Å². The second-order valence-corrected chi connectivity index (χ2v) is 5.73. The third-order valence-corrected chi connectivity index (χ3v) is 3.94. The van der Waals surface area contributed by atoms with Crippen molar-refractivity contribution in [2.45, 2.75) is 26.3 Å². The molecule has 0 spiro atoms. The zero-order valence-corrected chi connectivity index (χ0v) is 13.2. The Morgan fingerprint density at radius 1 is 1.45 bits per heavy atom. The maximum Gasteiger partial charge on any atom is 0.411 e. The van der Waals surface area contributed by atoms with Crippen molar-refractivity contribution < 1.29 is 9.53 Å². The lowest BCUT2D eigenvalue weighted by Gasteiger charge is -2.29. The summed E-state index contributed by atoms with van der Waals surface area (Å²) in [5.74, 6) is -0.0499. The molecule has 1 aromatic rings. The first-order chi connectivity index (χ1) is 10.6. The predicted molar refractivity (Wildman–Crippen MR) is 84.0 cm³/mol. The molecule has 5 heteroatoms. The summed E-state index contributed by atoms with van der Waals surface area (Å²) in [5, 5.41) is 8.96. The van der Waals surface area contributed by atoms with Crippen molar-refractivity contribution in [1.82, 2.24) is 9.80 Å². The van der Waals surface area contributed by atoms with E-state index in [1.54, 1.807) is 4.90 Å². The highest BCUT2D eigenvalue weighted by Crippen LogP contribution is 2.18. The quantitative estimate of drug-likeness (QED) is 0.776. The second-order valence-electron chi connectivity index (χ2n) is 5.73. The summed E-state index contributed by atoms with van der Waals surface area (Å²) < 4.78 is 5.22. The Hall–Kier alpha value is -2.06. The smallest absolute Gasteiger partial charge is 0.411 e. The maximum atomic E-state index is 12.0. The molecule has 0 aromatic heterocycles.